The van der Waals surface area contributed by atoms with Crippen molar-refractivity contribution in [2.45, 2.75) is 24.3 Å². The molecule has 0 bridgehead atoms. The highest BCUT2D eigenvalue weighted by Gasteiger charge is 2.39. The van der Waals surface area contributed by atoms with Crippen LogP contribution in [0.5, 0.6) is 0 Å². The first-order valence-electron chi connectivity index (χ1n) is 12.8. The van der Waals surface area contributed by atoms with Crippen LogP contribution < -0.4 is 11.1 Å². The molecule has 0 fully saturated rings. The summed E-state index contributed by atoms with van der Waals surface area (Å²) in [6, 6.07) is 43.4. The third-order valence-corrected chi connectivity index (χ3v) is 7.16. The Morgan fingerprint density at radius 3 is 1.61 bits per heavy atom. The molecule has 4 nitrogen and oxygen atoms in total. The van der Waals surface area contributed by atoms with E-state index in [1.165, 1.54) is 0 Å². The summed E-state index contributed by atoms with van der Waals surface area (Å²) >= 11 is 0. The van der Waals surface area contributed by atoms with E-state index in [1.807, 2.05) is 133 Å². The molecule has 0 radical (unpaired) electrons. The second-order valence-electron chi connectivity index (χ2n) is 9.59. The van der Waals surface area contributed by atoms with E-state index in [1.54, 1.807) is 0 Å². The molecule has 0 saturated heterocycles. The summed E-state index contributed by atoms with van der Waals surface area (Å²) < 4.78 is 0. The van der Waals surface area contributed by atoms with E-state index in [0.717, 1.165) is 33.0 Å². The molecule has 38 heavy (non-hydrogen) atoms. The van der Waals surface area contributed by atoms with Crippen LogP contribution in [0.2, 0.25) is 0 Å². The van der Waals surface area contributed by atoms with E-state index < -0.39 is 17.4 Å². The molecule has 2 amide bonds. The number of primary amides is 1. The molecule has 0 aliphatic carbocycles. The molecule has 0 aromatic heterocycles. The largest absolute Gasteiger partial charge is 0.368 e. The van der Waals surface area contributed by atoms with E-state index in [9.17, 15) is 9.59 Å². The Morgan fingerprint density at radius 2 is 1.11 bits per heavy atom. The minimum absolute atomic E-state index is 0.118. The number of nitrogens with two attached hydrogens (primary N) is 1. The quantitative estimate of drug-likeness (QED) is 0.253. The van der Waals surface area contributed by atoms with Crippen LogP contribution in [-0.2, 0) is 21.4 Å². The molecule has 188 valence electrons. The lowest BCUT2D eigenvalue weighted by molar-refractivity contribution is -0.127. The number of amides is 2. The summed E-state index contributed by atoms with van der Waals surface area (Å²) in [7, 11) is 0. The molecule has 0 aliphatic heterocycles. The average Bonchev–Trinajstić information content (AvgIpc) is 2.97. The van der Waals surface area contributed by atoms with Crippen molar-refractivity contribution in [3.05, 3.63) is 156 Å². The van der Waals surface area contributed by atoms with Crippen molar-refractivity contribution < 1.29 is 9.59 Å². The Labute approximate surface area is 223 Å². The molecule has 0 heterocycles. The van der Waals surface area contributed by atoms with Crippen molar-refractivity contribution in [3.63, 3.8) is 0 Å². The third kappa shape index (κ3) is 5.21. The van der Waals surface area contributed by atoms with Crippen molar-refractivity contribution in [1.29, 1.82) is 0 Å². The Balaban J connectivity index is 1.49. The Kier molecular flexibility index (Phi) is 7.32. The zero-order chi connectivity index (χ0) is 26.4. The Morgan fingerprint density at radius 1 is 0.632 bits per heavy atom. The van der Waals surface area contributed by atoms with E-state index in [2.05, 4.69) is 5.32 Å². The first-order chi connectivity index (χ1) is 18.6. The van der Waals surface area contributed by atoms with Gasteiger partial charge in [-0.15, -0.1) is 0 Å². The van der Waals surface area contributed by atoms with Gasteiger partial charge in [-0.05, 0) is 33.0 Å². The number of carbonyl (C=O) groups excluding carboxylic acids is 2. The zero-order valence-electron chi connectivity index (χ0n) is 21.1. The van der Waals surface area contributed by atoms with E-state index in [0.29, 0.717) is 6.42 Å². The minimum atomic E-state index is -0.830. The molecule has 3 N–H and O–H groups in total. The van der Waals surface area contributed by atoms with Gasteiger partial charge in [0, 0.05) is 12.8 Å². The lowest BCUT2D eigenvalue weighted by Gasteiger charge is -2.36. The molecule has 4 heteroatoms. The minimum Gasteiger partial charge on any atom is -0.368 e. The normalized spacial score (nSPS) is 12.1. The fourth-order valence-corrected chi connectivity index (χ4v) is 5.28. The lowest BCUT2D eigenvalue weighted by Crippen LogP contribution is -2.48. The van der Waals surface area contributed by atoms with Crippen molar-refractivity contribution in [1.82, 2.24) is 5.32 Å². The van der Waals surface area contributed by atoms with Gasteiger partial charge in [-0.2, -0.15) is 0 Å². The SMILES string of the molecule is NC(=O)[C@@H](Cc1ccc2ccccc2c1)NC(=O)CC(c1ccccc1)(c1ccccc1)c1ccccc1. The van der Waals surface area contributed by atoms with Gasteiger partial charge in [0.15, 0.2) is 0 Å². The molecule has 5 aromatic carbocycles. The van der Waals surface area contributed by atoms with Gasteiger partial charge in [0.1, 0.15) is 6.04 Å². The highest BCUT2D eigenvalue weighted by Crippen LogP contribution is 2.42. The first-order valence-corrected chi connectivity index (χ1v) is 12.8. The maximum absolute atomic E-state index is 13.8. The third-order valence-electron chi connectivity index (χ3n) is 7.16. The van der Waals surface area contributed by atoms with Crippen LogP contribution in [-0.4, -0.2) is 17.9 Å². The van der Waals surface area contributed by atoms with Crippen LogP contribution in [0.15, 0.2) is 133 Å². The molecular weight excluding hydrogens is 468 g/mol. The number of nitrogens with one attached hydrogen (secondary N) is 1. The van der Waals surface area contributed by atoms with Crippen LogP contribution in [0.25, 0.3) is 10.8 Å². The number of hydrogen-bond donors (Lipinski definition) is 2. The fraction of sp³-hybridized carbons (Fsp3) is 0.118. The standard InChI is InChI=1S/C34H30N2O2/c35-33(38)31(23-25-20-21-26-12-10-11-13-27(26)22-25)36-32(37)24-34(28-14-4-1-5-15-28,29-16-6-2-7-17-29)30-18-8-3-9-19-30/h1-22,31H,23-24H2,(H2,35,38)(H,36,37)/t31-/m1/s1. The number of carbonyl (C=O) groups is 2. The second kappa shape index (κ2) is 11.1. The van der Waals surface area contributed by atoms with Crippen LogP contribution in [0.1, 0.15) is 28.7 Å². The molecule has 0 aliphatic rings. The van der Waals surface area contributed by atoms with Crippen LogP contribution in [0.4, 0.5) is 0 Å². The second-order valence-corrected chi connectivity index (χ2v) is 9.59. The maximum atomic E-state index is 13.8. The number of fused-ring (bicyclic) bond motifs is 1. The van der Waals surface area contributed by atoms with E-state index in [4.69, 9.17) is 5.73 Å². The van der Waals surface area contributed by atoms with Crippen molar-refractivity contribution in [2.24, 2.45) is 5.73 Å². The van der Waals surface area contributed by atoms with Gasteiger partial charge in [-0.3, -0.25) is 9.59 Å². The molecule has 1 atom stereocenters. The average molecular weight is 499 g/mol. The number of benzene rings is 5. The summed E-state index contributed by atoms with van der Waals surface area (Å²) in [5.74, 6) is -0.803. The topological polar surface area (TPSA) is 72.2 Å². The molecule has 0 unspecified atom stereocenters. The first kappa shape index (κ1) is 25.0. The Hall–Kier alpha value is -4.70. The molecule has 5 rings (SSSR count). The molecule has 0 spiro atoms. The predicted octanol–water partition coefficient (Wildman–Crippen LogP) is 5.78. The summed E-state index contributed by atoms with van der Waals surface area (Å²) in [6.07, 6.45) is 0.438. The highest BCUT2D eigenvalue weighted by atomic mass is 16.2. The highest BCUT2D eigenvalue weighted by molar-refractivity contribution is 5.88. The van der Waals surface area contributed by atoms with Gasteiger partial charge in [-0.25, -0.2) is 0 Å². The summed E-state index contributed by atoms with van der Waals surface area (Å²) in [6.45, 7) is 0. The van der Waals surface area contributed by atoms with Crippen molar-refractivity contribution in [3.8, 4) is 0 Å². The van der Waals surface area contributed by atoms with Gasteiger partial charge in [0.2, 0.25) is 11.8 Å². The van der Waals surface area contributed by atoms with Crippen molar-refractivity contribution >= 4 is 22.6 Å². The summed E-state index contributed by atoms with van der Waals surface area (Å²) in [5.41, 5.74) is 8.97. The molecule has 5 aromatic rings. The Bertz CT molecular complexity index is 1440. The van der Waals surface area contributed by atoms with Crippen LogP contribution in [0.3, 0.4) is 0 Å². The molecular formula is C34H30N2O2. The van der Waals surface area contributed by atoms with E-state index in [-0.39, 0.29) is 12.3 Å². The summed E-state index contributed by atoms with van der Waals surface area (Å²) in [4.78, 5) is 26.3. The number of hydrogen-bond acceptors (Lipinski definition) is 2. The van der Waals surface area contributed by atoms with Gasteiger partial charge >= 0.3 is 0 Å². The lowest BCUT2D eigenvalue weighted by atomic mass is 9.67. The van der Waals surface area contributed by atoms with Crippen molar-refractivity contribution in [2.75, 3.05) is 0 Å². The number of rotatable bonds is 9. The maximum Gasteiger partial charge on any atom is 0.240 e. The van der Waals surface area contributed by atoms with Gasteiger partial charge < -0.3 is 11.1 Å². The van der Waals surface area contributed by atoms with Crippen LogP contribution >= 0.6 is 0 Å². The fourth-order valence-electron chi connectivity index (χ4n) is 5.28. The van der Waals surface area contributed by atoms with Gasteiger partial charge in [0.25, 0.3) is 0 Å². The van der Waals surface area contributed by atoms with E-state index >= 15 is 0 Å². The molecule has 0 saturated carbocycles. The monoisotopic (exact) mass is 498 g/mol. The zero-order valence-corrected chi connectivity index (χ0v) is 21.1. The van der Waals surface area contributed by atoms with Crippen LogP contribution in [0, 0.1) is 0 Å². The van der Waals surface area contributed by atoms with Gasteiger partial charge in [0.05, 0.1) is 5.41 Å². The predicted molar refractivity (Wildman–Crippen MR) is 153 cm³/mol. The smallest absolute Gasteiger partial charge is 0.240 e. The van der Waals surface area contributed by atoms with Gasteiger partial charge in [-0.1, -0.05) is 133 Å². The summed E-state index contributed by atoms with van der Waals surface area (Å²) in [5, 5.41) is 5.16.